The van der Waals surface area contributed by atoms with Crippen molar-refractivity contribution in [3.8, 4) is 0 Å². The van der Waals surface area contributed by atoms with Crippen LogP contribution in [0.2, 0.25) is 0 Å². The van der Waals surface area contributed by atoms with E-state index in [-0.39, 0.29) is 11.9 Å². The molecule has 2 atom stereocenters. The molecule has 0 saturated heterocycles. The summed E-state index contributed by atoms with van der Waals surface area (Å²) in [6.45, 7) is 9.31. The number of amides is 2. The van der Waals surface area contributed by atoms with Gasteiger partial charge in [-0.15, -0.1) is 0 Å². The van der Waals surface area contributed by atoms with Gasteiger partial charge in [-0.2, -0.15) is 0 Å². The predicted octanol–water partition coefficient (Wildman–Crippen LogP) is 3.10. The summed E-state index contributed by atoms with van der Waals surface area (Å²) in [5.74, 6) is -1.03. The van der Waals surface area contributed by atoms with E-state index in [1.165, 1.54) is 0 Å². The molecule has 5 nitrogen and oxygen atoms in total. The zero-order chi connectivity index (χ0) is 15.5. The fourth-order valence-corrected chi connectivity index (χ4v) is 1.92. The minimum Gasteiger partial charge on any atom is -0.480 e. The standard InChI is InChI=1S/C15H30N2O3/c1-5-8-10-17(11-9-6-2)15(20)16-13(14(18)19)12(4)7-3/h12-13H,5-11H2,1-4H3,(H,16,20)(H,18,19). The molecule has 5 heteroatoms. The first-order valence-corrected chi connectivity index (χ1v) is 7.76. The van der Waals surface area contributed by atoms with Crippen LogP contribution in [0.4, 0.5) is 4.79 Å². The maximum atomic E-state index is 12.2. The van der Waals surface area contributed by atoms with Crippen LogP contribution < -0.4 is 5.32 Å². The average molecular weight is 286 g/mol. The van der Waals surface area contributed by atoms with E-state index >= 15 is 0 Å². The lowest BCUT2D eigenvalue weighted by Crippen LogP contribution is -2.51. The highest BCUT2D eigenvalue weighted by Gasteiger charge is 2.27. The van der Waals surface area contributed by atoms with Crippen LogP contribution in [0.5, 0.6) is 0 Å². The Bertz CT molecular complexity index is 287. The Labute approximate surface area is 122 Å². The Balaban J connectivity index is 4.64. The number of unbranched alkanes of at least 4 members (excludes halogenated alkanes) is 2. The highest BCUT2D eigenvalue weighted by molar-refractivity contribution is 5.82. The number of hydrogen-bond acceptors (Lipinski definition) is 2. The molecule has 0 bridgehead atoms. The van der Waals surface area contributed by atoms with Crippen LogP contribution >= 0.6 is 0 Å². The van der Waals surface area contributed by atoms with Crippen molar-refractivity contribution in [1.29, 1.82) is 0 Å². The molecule has 0 aromatic carbocycles. The Morgan fingerprint density at radius 3 is 1.95 bits per heavy atom. The summed E-state index contributed by atoms with van der Waals surface area (Å²) >= 11 is 0. The smallest absolute Gasteiger partial charge is 0.326 e. The molecule has 0 saturated carbocycles. The molecule has 0 aliphatic rings. The number of carboxylic acids is 1. The summed E-state index contributed by atoms with van der Waals surface area (Å²) in [5.41, 5.74) is 0. The first-order valence-electron chi connectivity index (χ1n) is 7.76. The number of urea groups is 1. The van der Waals surface area contributed by atoms with Gasteiger partial charge in [0.05, 0.1) is 0 Å². The van der Waals surface area contributed by atoms with E-state index in [1.54, 1.807) is 4.90 Å². The third-order valence-electron chi connectivity index (χ3n) is 3.61. The van der Waals surface area contributed by atoms with Crippen molar-refractivity contribution in [3.63, 3.8) is 0 Å². The van der Waals surface area contributed by atoms with E-state index in [2.05, 4.69) is 19.2 Å². The number of carboxylic acid groups (broad SMARTS) is 1. The van der Waals surface area contributed by atoms with Crippen LogP contribution in [0.25, 0.3) is 0 Å². The van der Waals surface area contributed by atoms with Crippen LogP contribution in [-0.4, -0.2) is 41.1 Å². The zero-order valence-electron chi connectivity index (χ0n) is 13.3. The van der Waals surface area contributed by atoms with Gasteiger partial charge in [0.1, 0.15) is 6.04 Å². The molecular weight excluding hydrogens is 256 g/mol. The highest BCUT2D eigenvalue weighted by atomic mass is 16.4. The van der Waals surface area contributed by atoms with Crippen LogP contribution in [0.15, 0.2) is 0 Å². The van der Waals surface area contributed by atoms with Gasteiger partial charge in [0.25, 0.3) is 0 Å². The Morgan fingerprint density at radius 1 is 1.10 bits per heavy atom. The maximum Gasteiger partial charge on any atom is 0.326 e. The molecule has 0 aromatic rings. The monoisotopic (exact) mass is 286 g/mol. The molecule has 2 unspecified atom stereocenters. The first-order chi connectivity index (χ1) is 9.47. The lowest BCUT2D eigenvalue weighted by Gasteiger charge is -2.27. The van der Waals surface area contributed by atoms with Crippen molar-refractivity contribution in [2.45, 2.75) is 65.8 Å². The van der Waals surface area contributed by atoms with Crippen LogP contribution in [0.3, 0.4) is 0 Å². The second-order valence-corrected chi connectivity index (χ2v) is 5.35. The number of nitrogens with one attached hydrogen (secondary N) is 1. The van der Waals surface area contributed by atoms with E-state index < -0.39 is 12.0 Å². The van der Waals surface area contributed by atoms with Crippen LogP contribution in [0.1, 0.15) is 59.8 Å². The van der Waals surface area contributed by atoms with E-state index in [9.17, 15) is 14.7 Å². The van der Waals surface area contributed by atoms with E-state index in [0.717, 1.165) is 32.1 Å². The van der Waals surface area contributed by atoms with Crippen LogP contribution in [0, 0.1) is 5.92 Å². The van der Waals surface area contributed by atoms with Gasteiger partial charge in [0.15, 0.2) is 0 Å². The maximum absolute atomic E-state index is 12.2. The number of hydrogen-bond donors (Lipinski definition) is 2. The van der Waals surface area contributed by atoms with Crippen molar-refractivity contribution in [3.05, 3.63) is 0 Å². The molecular formula is C15H30N2O3. The van der Waals surface area contributed by atoms with Gasteiger partial charge >= 0.3 is 12.0 Å². The van der Waals surface area contributed by atoms with Crippen molar-refractivity contribution < 1.29 is 14.7 Å². The lowest BCUT2D eigenvalue weighted by molar-refractivity contribution is -0.140. The number of rotatable bonds is 10. The van der Waals surface area contributed by atoms with Crippen molar-refractivity contribution in [1.82, 2.24) is 10.2 Å². The zero-order valence-corrected chi connectivity index (χ0v) is 13.3. The largest absolute Gasteiger partial charge is 0.480 e. The molecule has 0 spiro atoms. The lowest BCUT2D eigenvalue weighted by atomic mass is 9.99. The number of aliphatic carboxylic acids is 1. The molecule has 0 aliphatic heterocycles. The third-order valence-corrected chi connectivity index (χ3v) is 3.61. The number of carbonyl (C=O) groups excluding carboxylic acids is 1. The van der Waals surface area contributed by atoms with E-state index in [1.807, 2.05) is 13.8 Å². The van der Waals surface area contributed by atoms with Gasteiger partial charge < -0.3 is 15.3 Å². The highest BCUT2D eigenvalue weighted by Crippen LogP contribution is 2.09. The van der Waals surface area contributed by atoms with E-state index in [0.29, 0.717) is 13.1 Å². The van der Waals surface area contributed by atoms with Gasteiger partial charge in [0.2, 0.25) is 0 Å². The normalized spacial score (nSPS) is 13.6. The van der Waals surface area contributed by atoms with Crippen molar-refractivity contribution in [2.24, 2.45) is 5.92 Å². The molecule has 20 heavy (non-hydrogen) atoms. The second kappa shape index (κ2) is 10.5. The summed E-state index contributed by atoms with van der Waals surface area (Å²) < 4.78 is 0. The number of nitrogens with zero attached hydrogens (tertiary/aromatic N) is 1. The molecule has 118 valence electrons. The molecule has 0 aliphatic carbocycles. The minimum absolute atomic E-state index is 0.0735. The summed E-state index contributed by atoms with van der Waals surface area (Å²) in [4.78, 5) is 25.2. The summed E-state index contributed by atoms with van der Waals surface area (Å²) in [5, 5.41) is 11.9. The van der Waals surface area contributed by atoms with Gasteiger partial charge in [0, 0.05) is 13.1 Å². The number of carbonyl (C=O) groups is 2. The van der Waals surface area contributed by atoms with Crippen LogP contribution in [-0.2, 0) is 4.79 Å². The van der Waals surface area contributed by atoms with Gasteiger partial charge in [-0.1, -0.05) is 47.0 Å². The Morgan fingerprint density at radius 2 is 1.60 bits per heavy atom. The molecule has 0 fully saturated rings. The van der Waals surface area contributed by atoms with Gasteiger partial charge in [-0.25, -0.2) is 9.59 Å². The topological polar surface area (TPSA) is 69.6 Å². The average Bonchev–Trinajstić information content (AvgIpc) is 2.43. The van der Waals surface area contributed by atoms with Crippen molar-refractivity contribution >= 4 is 12.0 Å². The van der Waals surface area contributed by atoms with E-state index in [4.69, 9.17) is 0 Å². The molecule has 0 radical (unpaired) electrons. The molecule has 0 aromatic heterocycles. The second-order valence-electron chi connectivity index (χ2n) is 5.35. The molecule has 2 amide bonds. The minimum atomic E-state index is -0.960. The predicted molar refractivity (Wildman–Crippen MR) is 80.8 cm³/mol. The van der Waals surface area contributed by atoms with Crippen molar-refractivity contribution in [2.75, 3.05) is 13.1 Å². The quantitative estimate of drug-likeness (QED) is 0.648. The third kappa shape index (κ3) is 6.78. The van der Waals surface area contributed by atoms with Gasteiger partial charge in [-0.05, 0) is 18.8 Å². The summed E-state index contributed by atoms with van der Waals surface area (Å²) in [6.07, 6.45) is 4.64. The Kier molecular flexibility index (Phi) is 9.86. The summed E-state index contributed by atoms with van der Waals surface area (Å²) in [7, 11) is 0. The SMILES string of the molecule is CCCCN(CCCC)C(=O)NC(C(=O)O)C(C)CC. The Hall–Kier alpha value is -1.26. The van der Waals surface area contributed by atoms with Gasteiger partial charge in [-0.3, -0.25) is 0 Å². The fraction of sp³-hybridized carbons (Fsp3) is 0.867. The molecule has 0 rings (SSSR count). The first kappa shape index (κ1) is 18.7. The molecule has 0 heterocycles. The fourth-order valence-electron chi connectivity index (χ4n) is 1.92. The summed E-state index contributed by atoms with van der Waals surface area (Å²) in [6, 6.07) is -1.06. The molecule has 2 N–H and O–H groups in total.